The number of aliphatic hydroxyl groups excluding tert-OH is 1. The van der Waals surface area contributed by atoms with Crippen LogP contribution < -0.4 is 0 Å². The van der Waals surface area contributed by atoms with Crippen molar-refractivity contribution in [2.45, 2.75) is 25.4 Å². The van der Waals surface area contributed by atoms with Crippen LogP contribution in [0.1, 0.15) is 24.1 Å². The maximum atomic E-state index is 11.6. The van der Waals surface area contributed by atoms with Gasteiger partial charge in [-0.1, -0.05) is 12.1 Å². The molecule has 1 atom stereocenters. The Morgan fingerprint density at radius 1 is 1.29 bits per heavy atom. The van der Waals surface area contributed by atoms with Crippen molar-refractivity contribution in [3.8, 4) is 0 Å². The molecule has 1 aromatic rings. The molecule has 1 fully saturated rings. The molecule has 1 aromatic heterocycles. The molecule has 0 saturated carbocycles. The number of aliphatic hydroxyl groups is 1. The molecule has 1 amide bonds. The van der Waals surface area contributed by atoms with Crippen LogP contribution in [-0.4, -0.2) is 59.6 Å². The monoisotopic (exact) mass is 306 g/mol. The summed E-state index contributed by atoms with van der Waals surface area (Å²) in [5.74, 6) is 0.188. The second-order valence-corrected chi connectivity index (χ2v) is 6.76. The minimum absolute atomic E-state index is 0.188. The largest absolute Gasteiger partial charge is 0.390 e. The van der Waals surface area contributed by atoms with Gasteiger partial charge in [-0.15, -0.1) is 11.3 Å². The lowest BCUT2D eigenvalue weighted by molar-refractivity contribution is -0.129. The Hall–Kier alpha value is -1.17. The number of amides is 1. The molecule has 3 heterocycles. The number of hydrogen-bond donors (Lipinski definition) is 1. The van der Waals surface area contributed by atoms with E-state index in [9.17, 15) is 9.90 Å². The van der Waals surface area contributed by atoms with Crippen LogP contribution in [0.3, 0.4) is 0 Å². The van der Waals surface area contributed by atoms with Crippen LogP contribution >= 0.6 is 11.3 Å². The quantitative estimate of drug-likeness (QED) is 0.902. The highest BCUT2D eigenvalue weighted by atomic mass is 32.1. The average molecular weight is 306 g/mol. The molecule has 2 aliphatic heterocycles. The number of thiophene rings is 1. The van der Waals surface area contributed by atoms with E-state index in [1.807, 2.05) is 0 Å². The van der Waals surface area contributed by atoms with E-state index in [0.717, 1.165) is 32.5 Å². The second-order valence-electron chi connectivity index (χ2n) is 5.81. The van der Waals surface area contributed by atoms with Gasteiger partial charge in [0.15, 0.2) is 0 Å². The first-order valence-corrected chi connectivity index (χ1v) is 8.51. The highest BCUT2D eigenvalue weighted by molar-refractivity contribution is 7.11. The molecule has 0 aromatic carbocycles. The summed E-state index contributed by atoms with van der Waals surface area (Å²) in [4.78, 5) is 17.0. The molecule has 0 radical (unpaired) electrons. The summed E-state index contributed by atoms with van der Waals surface area (Å²) in [5.41, 5.74) is 1.42. The standard InChI is InChI=1S/C16H22N2O2S/c19-14(12-18-7-1-4-16(18)20)11-17-8-5-13(6-9-17)15-3-2-10-21-15/h2-3,5,10,14,19H,1,4,6-9,11-12H2. The lowest BCUT2D eigenvalue weighted by Crippen LogP contribution is -2.42. The number of carbonyl (C=O) groups excluding carboxylic acids is 1. The third-order valence-corrected chi connectivity index (χ3v) is 5.15. The van der Waals surface area contributed by atoms with E-state index >= 15 is 0 Å². The zero-order chi connectivity index (χ0) is 14.7. The third-order valence-electron chi connectivity index (χ3n) is 4.20. The summed E-state index contributed by atoms with van der Waals surface area (Å²) in [6.07, 6.45) is 4.44. The van der Waals surface area contributed by atoms with Crippen LogP contribution in [0.4, 0.5) is 0 Å². The van der Waals surface area contributed by atoms with Crippen LogP contribution in [0, 0.1) is 0 Å². The normalized spacial score (nSPS) is 21.7. The topological polar surface area (TPSA) is 43.8 Å². The van der Waals surface area contributed by atoms with Gasteiger partial charge in [-0.3, -0.25) is 9.69 Å². The van der Waals surface area contributed by atoms with E-state index in [0.29, 0.717) is 19.5 Å². The number of hydrogen-bond acceptors (Lipinski definition) is 4. The Labute approximate surface area is 129 Å². The molecule has 0 aliphatic carbocycles. The van der Waals surface area contributed by atoms with Crippen LogP contribution in [0.15, 0.2) is 23.6 Å². The molecule has 3 rings (SSSR count). The fourth-order valence-corrected chi connectivity index (χ4v) is 3.87. The van der Waals surface area contributed by atoms with Gasteiger partial charge in [-0.05, 0) is 29.9 Å². The van der Waals surface area contributed by atoms with Gasteiger partial charge in [0.2, 0.25) is 5.91 Å². The van der Waals surface area contributed by atoms with Crippen LogP contribution in [0.25, 0.3) is 5.57 Å². The zero-order valence-corrected chi connectivity index (χ0v) is 13.0. The van der Waals surface area contributed by atoms with Crippen molar-refractivity contribution >= 4 is 22.8 Å². The first-order valence-electron chi connectivity index (χ1n) is 7.63. The van der Waals surface area contributed by atoms with Crippen molar-refractivity contribution in [3.63, 3.8) is 0 Å². The average Bonchev–Trinajstić information content (AvgIpc) is 3.12. The van der Waals surface area contributed by atoms with Gasteiger partial charge in [0.1, 0.15) is 0 Å². The van der Waals surface area contributed by atoms with E-state index in [2.05, 4.69) is 28.5 Å². The zero-order valence-electron chi connectivity index (χ0n) is 12.2. The van der Waals surface area contributed by atoms with E-state index < -0.39 is 6.10 Å². The highest BCUT2D eigenvalue weighted by Gasteiger charge is 2.24. The van der Waals surface area contributed by atoms with E-state index in [4.69, 9.17) is 0 Å². The van der Waals surface area contributed by atoms with Crippen LogP contribution in [0.5, 0.6) is 0 Å². The van der Waals surface area contributed by atoms with Crippen molar-refractivity contribution < 1.29 is 9.90 Å². The molecule has 5 heteroatoms. The molecule has 1 N–H and O–H groups in total. The first kappa shape index (κ1) is 14.8. The smallest absolute Gasteiger partial charge is 0.222 e. The molecule has 21 heavy (non-hydrogen) atoms. The van der Waals surface area contributed by atoms with Crippen molar-refractivity contribution in [3.05, 3.63) is 28.5 Å². The van der Waals surface area contributed by atoms with Crippen molar-refractivity contribution in [2.75, 3.05) is 32.7 Å². The SMILES string of the molecule is O=C1CCCN1CC(O)CN1CC=C(c2cccs2)CC1. The van der Waals surface area contributed by atoms with Gasteiger partial charge in [-0.2, -0.15) is 0 Å². The molecule has 1 saturated heterocycles. The Morgan fingerprint density at radius 2 is 2.19 bits per heavy atom. The number of β-amino-alcohol motifs (C(OH)–C–C–N with tert-alkyl or cyclic N) is 1. The summed E-state index contributed by atoms with van der Waals surface area (Å²) in [6.45, 7) is 3.81. The fourth-order valence-electron chi connectivity index (χ4n) is 3.07. The Balaban J connectivity index is 1.47. The Kier molecular flexibility index (Phi) is 4.73. The summed E-state index contributed by atoms with van der Waals surface area (Å²) in [5, 5.41) is 12.3. The minimum Gasteiger partial charge on any atom is -0.390 e. The van der Waals surface area contributed by atoms with Crippen LogP contribution in [-0.2, 0) is 4.79 Å². The molecular weight excluding hydrogens is 284 g/mol. The van der Waals surface area contributed by atoms with E-state index in [1.54, 1.807) is 16.2 Å². The molecule has 0 spiro atoms. The van der Waals surface area contributed by atoms with Gasteiger partial charge >= 0.3 is 0 Å². The molecule has 2 aliphatic rings. The van der Waals surface area contributed by atoms with Gasteiger partial charge < -0.3 is 10.0 Å². The number of carbonyl (C=O) groups is 1. The van der Waals surface area contributed by atoms with Crippen LogP contribution in [0.2, 0.25) is 0 Å². The first-order chi connectivity index (χ1) is 10.2. The summed E-state index contributed by atoms with van der Waals surface area (Å²) >= 11 is 1.79. The summed E-state index contributed by atoms with van der Waals surface area (Å²) < 4.78 is 0. The minimum atomic E-state index is -0.441. The number of nitrogens with zero attached hydrogens (tertiary/aromatic N) is 2. The molecule has 114 valence electrons. The molecular formula is C16H22N2O2S. The maximum Gasteiger partial charge on any atom is 0.222 e. The van der Waals surface area contributed by atoms with Gasteiger partial charge in [0, 0.05) is 44.0 Å². The van der Waals surface area contributed by atoms with Crippen molar-refractivity contribution in [2.24, 2.45) is 0 Å². The Morgan fingerprint density at radius 3 is 2.81 bits per heavy atom. The molecule has 4 nitrogen and oxygen atoms in total. The van der Waals surface area contributed by atoms with Gasteiger partial charge in [-0.25, -0.2) is 0 Å². The molecule has 0 bridgehead atoms. The maximum absolute atomic E-state index is 11.6. The lowest BCUT2D eigenvalue weighted by atomic mass is 10.1. The van der Waals surface area contributed by atoms with Crippen molar-refractivity contribution in [1.82, 2.24) is 9.80 Å². The summed E-state index contributed by atoms with van der Waals surface area (Å²) in [6, 6.07) is 4.25. The van der Waals surface area contributed by atoms with E-state index in [1.165, 1.54) is 10.5 Å². The number of rotatable bonds is 5. The third kappa shape index (κ3) is 3.73. The predicted octanol–water partition coefficient (Wildman–Crippen LogP) is 1.82. The van der Waals surface area contributed by atoms with Gasteiger partial charge in [0.25, 0.3) is 0 Å². The van der Waals surface area contributed by atoms with Gasteiger partial charge in [0.05, 0.1) is 6.10 Å². The fraction of sp³-hybridized carbons (Fsp3) is 0.562. The number of likely N-dealkylation sites (tertiary alicyclic amines) is 1. The predicted molar refractivity (Wildman–Crippen MR) is 85.2 cm³/mol. The van der Waals surface area contributed by atoms with Crippen molar-refractivity contribution in [1.29, 1.82) is 0 Å². The highest BCUT2D eigenvalue weighted by Crippen LogP contribution is 2.26. The van der Waals surface area contributed by atoms with E-state index in [-0.39, 0.29) is 5.91 Å². The molecule has 1 unspecified atom stereocenters. The Bertz CT molecular complexity index is 512. The summed E-state index contributed by atoms with van der Waals surface area (Å²) in [7, 11) is 0. The second kappa shape index (κ2) is 6.73. The lowest BCUT2D eigenvalue weighted by Gasteiger charge is -2.29.